The van der Waals surface area contributed by atoms with Crippen molar-refractivity contribution in [2.24, 2.45) is 0 Å². The molecule has 4 rings (SSSR count). The van der Waals surface area contributed by atoms with Crippen LogP contribution in [0.25, 0.3) is 22.6 Å². The molecule has 0 fully saturated rings. The van der Waals surface area contributed by atoms with Gasteiger partial charge < -0.3 is 9.55 Å². The number of nitrogens with zero attached hydrogens (tertiary/aromatic N) is 3. The van der Waals surface area contributed by atoms with Gasteiger partial charge in [-0.1, -0.05) is 42.5 Å². The first-order valence-corrected chi connectivity index (χ1v) is 8.10. The Balaban J connectivity index is 1.86. The molecule has 0 spiro atoms. The van der Waals surface area contributed by atoms with E-state index in [2.05, 4.69) is 26.4 Å². The molecule has 0 aliphatic rings. The molecule has 0 radical (unpaired) electrons. The third-order valence-corrected chi connectivity index (χ3v) is 4.36. The van der Waals surface area contributed by atoms with Crippen LogP contribution in [0.5, 0.6) is 0 Å². The number of halogens is 1. The molecular weight excluding hydrogens is 315 g/mol. The third kappa shape index (κ3) is 2.85. The lowest BCUT2D eigenvalue weighted by Crippen LogP contribution is -2.07. The smallest absolute Gasteiger partial charge is 0.123 e. The van der Waals surface area contributed by atoms with E-state index in [1.54, 1.807) is 24.7 Å². The molecule has 25 heavy (non-hydrogen) atoms. The van der Waals surface area contributed by atoms with Crippen molar-refractivity contribution in [3.63, 3.8) is 0 Å². The van der Waals surface area contributed by atoms with E-state index in [4.69, 9.17) is 0 Å². The molecule has 124 valence electrons. The Labute approximate surface area is 145 Å². The largest absolute Gasteiger partial charge is 0.343 e. The van der Waals surface area contributed by atoms with Gasteiger partial charge in [-0.3, -0.25) is 0 Å². The fourth-order valence-electron chi connectivity index (χ4n) is 3.02. The standard InChI is InChI=1S/C20H17FN4/c1-14(15-7-9-17(21)10-8-15)25-13-24-19(16-5-3-2-4-6-16)20(25)18-11-22-12-23-18/h2-14H,1H3,(H,22,23). The number of aromatic nitrogens is 4. The van der Waals surface area contributed by atoms with E-state index in [9.17, 15) is 4.39 Å². The summed E-state index contributed by atoms with van der Waals surface area (Å²) in [6, 6.07) is 16.6. The number of hydrogen-bond donors (Lipinski definition) is 1. The van der Waals surface area contributed by atoms with E-state index in [-0.39, 0.29) is 11.9 Å². The van der Waals surface area contributed by atoms with Crippen LogP contribution in [0.1, 0.15) is 18.5 Å². The molecule has 0 saturated carbocycles. The van der Waals surface area contributed by atoms with Gasteiger partial charge in [0.25, 0.3) is 0 Å². The maximum Gasteiger partial charge on any atom is 0.123 e. The summed E-state index contributed by atoms with van der Waals surface area (Å²) in [4.78, 5) is 12.0. The van der Waals surface area contributed by atoms with Crippen LogP contribution >= 0.6 is 0 Å². The topological polar surface area (TPSA) is 46.5 Å². The minimum Gasteiger partial charge on any atom is -0.343 e. The number of aromatic amines is 1. The molecule has 0 aliphatic heterocycles. The zero-order valence-corrected chi connectivity index (χ0v) is 13.7. The summed E-state index contributed by atoms with van der Waals surface area (Å²) in [6.45, 7) is 2.07. The first-order chi connectivity index (χ1) is 12.2. The van der Waals surface area contributed by atoms with Crippen molar-refractivity contribution < 1.29 is 4.39 Å². The minimum absolute atomic E-state index is 0.00358. The van der Waals surface area contributed by atoms with Gasteiger partial charge in [0, 0.05) is 5.56 Å². The summed E-state index contributed by atoms with van der Waals surface area (Å²) in [5, 5.41) is 0. The van der Waals surface area contributed by atoms with Gasteiger partial charge in [0.2, 0.25) is 0 Å². The number of rotatable bonds is 4. The van der Waals surface area contributed by atoms with Crippen LogP contribution in [0.3, 0.4) is 0 Å². The van der Waals surface area contributed by atoms with Gasteiger partial charge in [-0.15, -0.1) is 0 Å². The number of nitrogens with one attached hydrogen (secondary N) is 1. The second-order valence-electron chi connectivity index (χ2n) is 5.91. The van der Waals surface area contributed by atoms with Crippen LogP contribution in [-0.4, -0.2) is 19.5 Å². The van der Waals surface area contributed by atoms with Crippen molar-refractivity contribution in [1.82, 2.24) is 19.5 Å². The average Bonchev–Trinajstić information content (AvgIpc) is 3.32. The van der Waals surface area contributed by atoms with E-state index in [1.165, 1.54) is 12.1 Å². The van der Waals surface area contributed by atoms with Crippen LogP contribution in [-0.2, 0) is 0 Å². The Hall–Kier alpha value is -3.21. The molecular formula is C20H17FN4. The summed E-state index contributed by atoms with van der Waals surface area (Å²) in [6.07, 6.45) is 5.27. The molecule has 1 atom stereocenters. The van der Waals surface area contributed by atoms with Crippen molar-refractivity contribution >= 4 is 0 Å². The highest BCUT2D eigenvalue weighted by molar-refractivity contribution is 5.76. The van der Waals surface area contributed by atoms with Crippen LogP contribution in [0.15, 0.2) is 73.4 Å². The Morgan fingerprint density at radius 3 is 2.48 bits per heavy atom. The fraction of sp³-hybridized carbons (Fsp3) is 0.100. The van der Waals surface area contributed by atoms with Crippen LogP contribution < -0.4 is 0 Å². The predicted octanol–water partition coefficient (Wildman–Crippen LogP) is 4.69. The Kier molecular flexibility index (Phi) is 3.90. The predicted molar refractivity (Wildman–Crippen MR) is 95.5 cm³/mol. The lowest BCUT2D eigenvalue weighted by atomic mass is 10.1. The highest BCUT2D eigenvalue weighted by Gasteiger charge is 2.20. The SMILES string of the molecule is CC(c1ccc(F)cc1)n1cnc(-c2ccccc2)c1-c1cnc[nH]1. The molecule has 1 unspecified atom stereocenters. The molecule has 1 N–H and O–H groups in total. The van der Waals surface area contributed by atoms with Crippen molar-refractivity contribution in [3.05, 3.63) is 84.8 Å². The van der Waals surface area contributed by atoms with E-state index in [0.29, 0.717) is 0 Å². The Morgan fingerprint density at radius 2 is 1.80 bits per heavy atom. The van der Waals surface area contributed by atoms with Gasteiger partial charge in [-0.05, 0) is 24.6 Å². The Bertz CT molecular complexity index is 957. The van der Waals surface area contributed by atoms with Gasteiger partial charge in [-0.2, -0.15) is 0 Å². The average molecular weight is 332 g/mol. The maximum absolute atomic E-state index is 13.2. The highest BCUT2D eigenvalue weighted by atomic mass is 19.1. The van der Waals surface area contributed by atoms with Crippen molar-refractivity contribution in [2.45, 2.75) is 13.0 Å². The van der Waals surface area contributed by atoms with Crippen LogP contribution in [0.4, 0.5) is 4.39 Å². The number of H-pyrrole nitrogens is 1. The number of benzene rings is 2. The zero-order chi connectivity index (χ0) is 17.2. The molecule has 4 nitrogen and oxygen atoms in total. The van der Waals surface area contributed by atoms with Gasteiger partial charge in [-0.25, -0.2) is 14.4 Å². The van der Waals surface area contributed by atoms with Gasteiger partial charge >= 0.3 is 0 Å². The summed E-state index contributed by atoms with van der Waals surface area (Å²) in [5.41, 5.74) is 4.79. The van der Waals surface area contributed by atoms with E-state index >= 15 is 0 Å². The van der Waals surface area contributed by atoms with E-state index < -0.39 is 0 Å². The maximum atomic E-state index is 13.2. The summed E-state index contributed by atoms with van der Waals surface area (Å²) < 4.78 is 15.3. The Morgan fingerprint density at radius 1 is 1.04 bits per heavy atom. The fourth-order valence-corrected chi connectivity index (χ4v) is 3.02. The summed E-state index contributed by atoms with van der Waals surface area (Å²) in [7, 11) is 0. The second-order valence-corrected chi connectivity index (χ2v) is 5.91. The van der Waals surface area contributed by atoms with E-state index in [1.807, 2.05) is 36.7 Å². The molecule has 2 aromatic heterocycles. The van der Waals surface area contributed by atoms with Crippen molar-refractivity contribution in [2.75, 3.05) is 0 Å². The van der Waals surface area contributed by atoms with Crippen molar-refractivity contribution in [3.8, 4) is 22.6 Å². The molecule has 4 aromatic rings. The third-order valence-electron chi connectivity index (χ3n) is 4.36. The first kappa shape index (κ1) is 15.3. The number of imidazole rings is 2. The molecule has 0 saturated heterocycles. The second kappa shape index (κ2) is 6.36. The molecule has 0 aliphatic carbocycles. The lowest BCUT2D eigenvalue weighted by molar-refractivity contribution is 0.617. The van der Waals surface area contributed by atoms with Gasteiger partial charge in [0.05, 0.1) is 42.0 Å². The monoisotopic (exact) mass is 332 g/mol. The first-order valence-electron chi connectivity index (χ1n) is 8.10. The van der Waals surface area contributed by atoms with Crippen molar-refractivity contribution in [1.29, 1.82) is 0 Å². The van der Waals surface area contributed by atoms with Gasteiger partial charge in [0.1, 0.15) is 5.82 Å². The molecule has 2 aromatic carbocycles. The zero-order valence-electron chi connectivity index (χ0n) is 13.7. The number of hydrogen-bond acceptors (Lipinski definition) is 2. The lowest BCUT2D eigenvalue weighted by Gasteiger charge is -2.17. The molecule has 2 heterocycles. The van der Waals surface area contributed by atoms with E-state index in [0.717, 1.165) is 28.2 Å². The van der Waals surface area contributed by atoms with Crippen LogP contribution in [0.2, 0.25) is 0 Å². The molecule has 0 amide bonds. The van der Waals surface area contributed by atoms with Gasteiger partial charge in [0.15, 0.2) is 0 Å². The summed E-state index contributed by atoms with van der Waals surface area (Å²) >= 11 is 0. The van der Waals surface area contributed by atoms with Crippen LogP contribution in [0, 0.1) is 5.82 Å². The molecule has 5 heteroatoms. The highest BCUT2D eigenvalue weighted by Crippen LogP contribution is 2.33. The summed E-state index contributed by atoms with van der Waals surface area (Å²) in [5.74, 6) is -0.236. The quantitative estimate of drug-likeness (QED) is 0.589. The minimum atomic E-state index is -0.236. The normalized spacial score (nSPS) is 12.2. The molecule has 0 bridgehead atoms.